The molecule has 2 N–H and O–H groups in total. The third-order valence-corrected chi connectivity index (χ3v) is 1.92. The van der Waals surface area contributed by atoms with E-state index in [1.807, 2.05) is 38.1 Å². The first kappa shape index (κ1) is 10.7. The van der Waals surface area contributed by atoms with Gasteiger partial charge in [-0.2, -0.15) is 0 Å². The fourth-order valence-electron chi connectivity index (χ4n) is 1.13. The molecule has 0 bridgehead atoms. The minimum absolute atomic E-state index is 0.534. The van der Waals surface area contributed by atoms with Gasteiger partial charge in [-0.15, -0.1) is 0 Å². The molecule has 0 saturated heterocycles. The predicted octanol–water partition coefficient (Wildman–Crippen LogP) is 2.13. The zero-order chi connectivity index (χ0) is 10.4. The van der Waals surface area contributed by atoms with Crippen molar-refractivity contribution in [2.75, 3.05) is 6.54 Å². The van der Waals surface area contributed by atoms with Crippen molar-refractivity contribution in [2.24, 2.45) is 4.99 Å². The number of amidine groups is 1. The van der Waals surface area contributed by atoms with Crippen molar-refractivity contribution in [2.45, 2.75) is 20.3 Å². The average molecular weight is 192 g/mol. The Morgan fingerprint density at radius 3 is 2.50 bits per heavy atom. The number of hydrogen-bond donors (Lipinski definition) is 2. The van der Waals surface area contributed by atoms with Gasteiger partial charge in [0.2, 0.25) is 0 Å². The zero-order valence-corrected chi connectivity index (χ0v) is 8.62. The molecule has 1 aromatic rings. The average Bonchev–Trinajstić information content (AvgIpc) is 2.21. The van der Waals surface area contributed by atoms with Gasteiger partial charge < -0.3 is 0 Å². The summed E-state index contributed by atoms with van der Waals surface area (Å²) < 4.78 is 0. The van der Waals surface area contributed by atoms with Gasteiger partial charge in [-0.25, -0.2) is 0 Å². The van der Waals surface area contributed by atoms with Gasteiger partial charge in [0.15, 0.2) is 5.84 Å². The summed E-state index contributed by atoms with van der Waals surface area (Å²) in [6, 6.07) is 7.86. The number of aryl methyl sites for hydroxylation is 1. The Morgan fingerprint density at radius 2 is 2.00 bits per heavy atom. The fourth-order valence-corrected chi connectivity index (χ4v) is 1.13. The van der Waals surface area contributed by atoms with Crippen LogP contribution < -0.4 is 5.48 Å². The first-order valence-electron chi connectivity index (χ1n) is 4.79. The van der Waals surface area contributed by atoms with Crippen LogP contribution in [0.4, 0.5) is 0 Å². The van der Waals surface area contributed by atoms with E-state index in [9.17, 15) is 0 Å². The minimum Gasteiger partial charge on any atom is -0.290 e. The molecule has 0 amide bonds. The van der Waals surface area contributed by atoms with Crippen LogP contribution in [0.15, 0.2) is 29.3 Å². The van der Waals surface area contributed by atoms with E-state index >= 15 is 0 Å². The molecule has 0 atom stereocenters. The molecule has 3 heteroatoms. The lowest BCUT2D eigenvalue weighted by Gasteiger charge is -2.04. The first-order chi connectivity index (χ1) is 6.77. The standard InChI is InChI=1S/C11H16N2O/c1-3-8-12-11(13-14)10-6-4-9(2)5-7-10/h4-7,14H,3,8H2,1-2H3,(H,12,13). The van der Waals surface area contributed by atoms with Crippen molar-refractivity contribution in [3.8, 4) is 0 Å². The van der Waals surface area contributed by atoms with Gasteiger partial charge in [0, 0.05) is 12.1 Å². The van der Waals surface area contributed by atoms with Crippen molar-refractivity contribution in [3.63, 3.8) is 0 Å². The summed E-state index contributed by atoms with van der Waals surface area (Å²) in [6.07, 6.45) is 0.969. The van der Waals surface area contributed by atoms with E-state index in [4.69, 9.17) is 5.21 Å². The molecule has 1 aromatic carbocycles. The Balaban J connectivity index is 2.84. The van der Waals surface area contributed by atoms with E-state index in [1.54, 1.807) is 0 Å². The number of aliphatic imine (C=N–C) groups is 1. The molecule has 0 aliphatic rings. The molecule has 0 unspecified atom stereocenters. The van der Waals surface area contributed by atoms with Gasteiger partial charge in [-0.1, -0.05) is 36.8 Å². The smallest absolute Gasteiger partial charge is 0.152 e. The lowest BCUT2D eigenvalue weighted by molar-refractivity contribution is 0.234. The molecule has 0 fully saturated rings. The third kappa shape index (κ3) is 2.85. The second kappa shape index (κ2) is 5.40. The molecule has 3 nitrogen and oxygen atoms in total. The maximum atomic E-state index is 8.89. The highest BCUT2D eigenvalue weighted by molar-refractivity contribution is 5.97. The van der Waals surface area contributed by atoms with Crippen molar-refractivity contribution in [1.82, 2.24) is 5.48 Å². The van der Waals surface area contributed by atoms with E-state index in [-0.39, 0.29) is 0 Å². The Labute approximate surface area is 84.4 Å². The van der Waals surface area contributed by atoms with Gasteiger partial charge in [0.25, 0.3) is 0 Å². The van der Waals surface area contributed by atoms with Crippen LogP contribution >= 0.6 is 0 Å². The van der Waals surface area contributed by atoms with Crippen molar-refractivity contribution in [3.05, 3.63) is 35.4 Å². The van der Waals surface area contributed by atoms with E-state index in [0.29, 0.717) is 5.84 Å². The van der Waals surface area contributed by atoms with Crippen LogP contribution in [0, 0.1) is 6.92 Å². The van der Waals surface area contributed by atoms with Crippen LogP contribution in [0.5, 0.6) is 0 Å². The van der Waals surface area contributed by atoms with Gasteiger partial charge in [-0.05, 0) is 13.3 Å². The van der Waals surface area contributed by atoms with Crippen molar-refractivity contribution < 1.29 is 5.21 Å². The van der Waals surface area contributed by atoms with E-state index in [0.717, 1.165) is 18.5 Å². The van der Waals surface area contributed by atoms with E-state index in [1.165, 1.54) is 5.56 Å². The van der Waals surface area contributed by atoms with E-state index < -0.39 is 0 Å². The fraction of sp³-hybridized carbons (Fsp3) is 0.364. The lowest BCUT2D eigenvalue weighted by Crippen LogP contribution is -2.20. The van der Waals surface area contributed by atoms with Crippen LogP contribution in [0.1, 0.15) is 24.5 Å². The number of rotatable bonds is 3. The molecule has 0 spiro atoms. The quantitative estimate of drug-likeness (QED) is 0.438. The largest absolute Gasteiger partial charge is 0.290 e. The monoisotopic (exact) mass is 192 g/mol. The van der Waals surface area contributed by atoms with Crippen molar-refractivity contribution >= 4 is 5.84 Å². The molecule has 0 saturated carbocycles. The summed E-state index contributed by atoms with van der Waals surface area (Å²) in [5.74, 6) is 0.534. The molecule has 14 heavy (non-hydrogen) atoms. The Kier molecular flexibility index (Phi) is 4.13. The third-order valence-electron chi connectivity index (χ3n) is 1.92. The van der Waals surface area contributed by atoms with Gasteiger partial charge in [0.1, 0.15) is 0 Å². The molecule has 1 rings (SSSR count). The molecule has 0 aliphatic heterocycles. The van der Waals surface area contributed by atoms with Crippen LogP contribution in [-0.2, 0) is 0 Å². The topological polar surface area (TPSA) is 44.6 Å². The van der Waals surface area contributed by atoms with Gasteiger partial charge in [0.05, 0.1) is 0 Å². The molecule has 76 valence electrons. The first-order valence-corrected chi connectivity index (χ1v) is 4.79. The van der Waals surface area contributed by atoms with Crippen LogP contribution in [-0.4, -0.2) is 17.6 Å². The Bertz CT molecular complexity index is 304. The summed E-state index contributed by atoms with van der Waals surface area (Å²) in [5.41, 5.74) is 4.23. The summed E-state index contributed by atoms with van der Waals surface area (Å²) in [4.78, 5) is 4.22. The predicted molar refractivity (Wildman–Crippen MR) is 57.8 cm³/mol. The number of hydroxylamine groups is 1. The van der Waals surface area contributed by atoms with Gasteiger partial charge >= 0.3 is 0 Å². The molecule has 0 aromatic heterocycles. The summed E-state index contributed by atoms with van der Waals surface area (Å²) in [6.45, 7) is 4.80. The zero-order valence-electron chi connectivity index (χ0n) is 8.62. The Hall–Kier alpha value is -1.35. The van der Waals surface area contributed by atoms with E-state index in [2.05, 4.69) is 10.5 Å². The molecular weight excluding hydrogens is 176 g/mol. The molecule has 0 radical (unpaired) electrons. The lowest BCUT2D eigenvalue weighted by atomic mass is 10.1. The molecule has 0 heterocycles. The summed E-state index contributed by atoms with van der Waals surface area (Å²) in [5, 5.41) is 8.89. The maximum Gasteiger partial charge on any atom is 0.152 e. The van der Waals surface area contributed by atoms with Crippen LogP contribution in [0.2, 0.25) is 0 Å². The normalized spacial score (nSPS) is 11.5. The number of nitrogens with zero attached hydrogens (tertiary/aromatic N) is 1. The van der Waals surface area contributed by atoms with Gasteiger partial charge in [-0.3, -0.25) is 15.7 Å². The highest BCUT2D eigenvalue weighted by Crippen LogP contribution is 2.03. The minimum atomic E-state index is 0.534. The SMILES string of the molecule is CCCN=C(NO)c1ccc(C)cc1. The second-order valence-corrected chi connectivity index (χ2v) is 3.21. The summed E-state index contributed by atoms with van der Waals surface area (Å²) in [7, 11) is 0. The maximum absolute atomic E-state index is 8.89. The van der Waals surface area contributed by atoms with Crippen LogP contribution in [0.3, 0.4) is 0 Å². The number of nitrogens with one attached hydrogen (secondary N) is 1. The number of hydrogen-bond acceptors (Lipinski definition) is 2. The molecular formula is C11H16N2O. The number of benzene rings is 1. The van der Waals surface area contributed by atoms with Crippen molar-refractivity contribution in [1.29, 1.82) is 0 Å². The second-order valence-electron chi connectivity index (χ2n) is 3.21. The Morgan fingerprint density at radius 1 is 1.36 bits per heavy atom. The highest BCUT2D eigenvalue weighted by Gasteiger charge is 1.99. The van der Waals surface area contributed by atoms with Crippen LogP contribution in [0.25, 0.3) is 0 Å². The summed E-state index contributed by atoms with van der Waals surface area (Å²) >= 11 is 0. The molecule has 0 aliphatic carbocycles. The highest BCUT2D eigenvalue weighted by atomic mass is 16.5.